The van der Waals surface area contributed by atoms with E-state index in [1.807, 2.05) is 30.3 Å². The Morgan fingerprint density at radius 2 is 2.00 bits per heavy atom. The molecule has 0 amide bonds. The molecular formula is C17H17BrO2. The predicted molar refractivity (Wildman–Crippen MR) is 83.1 cm³/mol. The molecule has 1 atom stereocenters. The van der Waals surface area contributed by atoms with Crippen LogP contribution in [-0.4, -0.2) is 11.7 Å². The van der Waals surface area contributed by atoms with Gasteiger partial charge in [-0.25, -0.2) is 0 Å². The van der Waals surface area contributed by atoms with Gasteiger partial charge in [0.1, 0.15) is 5.75 Å². The Balaban J connectivity index is 1.73. The van der Waals surface area contributed by atoms with Crippen LogP contribution in [0.15, 0.2) is 46.9 Å². The summed E-state index contributed by atoms with van der Waals surface area (Å²) in [5.74, 6) is 1.02. The zero-order valence-corrected chi connectivity index (χ0v) is 12.8. The molecule has 3 heteroatoms. The second-order valence-electron chi connectivity index (χ2n) is 5.12. The van der Waals surface area contributed by atoms with Gasteiger partial charge in [0.2, 0.25) is 0 Å². The van der Waals surface area contributed by atoms with E-state index in [-0.39, 0.29) is 0 Å². The van der Waals surface area contributed by atoms with E-state index in [1.165, 1.54) is 11.1 Å². The third-order valence-corrected chi connectivity index (χ3v) is 4.15. The van der Waals surface area contributed by atoms with Crippen molar-refractivity contribution in [2.45, 2.75) is 25.4 Å². The molecule has 2 aromatic carbocycles. The van der Waals surface area contributed by atoms with Gasteiger partial charge in [-0.3, -0.25) is 0 Å². The molecule has 0 saturated heterocycles. The van der Waals surface area contributed by atoms with Crippen LogP contribution in [0.4, 0.5) is 0 Å². The Bertz CT molecular complexity index is 595. The minimum atomic E-state index is -0.424. The standard InChI is InChI=1S/C17H17BrO2/c18-15-10-13(17-14(11-15)8-9-20-17)6-7-16(19)12-4-2-1-3-5-12/h1-5,10-11,16,19H,6-9H2. The number of fused-ring (bicyclic) bond motifs is 1. The van der Waals surface area contributed by atoms with Gasteiger partial charge in [-0.15, -0.1) is 0 Å². The lowest BCUT2D eigenvalue weighted by Crippen LogP contribution is -2.00. The Labute approximate surface area is 127 Å². The van der Waals surface area contributed by atoms with Crippen LogP contribution in [0.1, 0.15) is 29.2 Å². The molecule has 2 nitrogen and oxygen atoms in total. The molecule has 0 aliphatic carbocycles. The molecule has 0 saturated carbocycles. The maximum atomic E-state index is 10.2. The first-order valence-electron chi connectivity index (χ1n) is 6.91. The molecule has 0 spiro atoms. The highest BCUT2D eigenvalue weighted by Crippen LogP contribution is 2.34. The molecule has 20 heavy (non-hydrogen) atoms. The highest BCUT2D eigenvalue weighted by molar-refractivity contribution is 9.10. The Hall–Kier alpha value is -1.32. The summed E-state index contributed by atoms with van der Waals surface area (Å²) in [4.78, 5) is 0. The zero-order chi connectivity index (χ0) is 13.9. The molecule has 0 bridgehead atoms. The van der Waals surface area contributed by atoms with Crippen molar-refractivity contribution in [2.75, 3.05) is 6.61 Å². The first-order valence-corrected chi connectivity index (χ1v) is 7.70. The predicted octanol–water partition coefficient (Wildman–Crippen LogP) is 4.05. The van der Waals surface area contributed by atoms with Crippen LogP contribution in [-0.2, 0) is 12.8 Å². The Morgan fingerprint density at radius 1 is 1.20 bits per heavy atom. The number of aliphatic hydroxyl groups is 1. The van der Waals surface area contributed by atoms with E-state index in [1.54, 1.807) is 0 Å². The molecular weight excluding hydrogens is 316 g/mol. The largest absolute Gasteiger partial charge is 0.493 e. The number of ether oxygens (including phenoxy) is 1. The summed E-state index contributed by atoms with van der Waals surface area (Å²) in [6, 6.07) is 14.0. The molecule has 1 heterocycles. The third kappa shape index (κ3) is 2.89. The highest BCUT2D eigenvalue weighted by Gasteiger charge is 2.18. The van der Waals surface area contributed by atoms with E-state index in [4.69, 9.17) is 4.74 Å². The van der Waals surface area contributed by atoms with Gasteiger partial charge in [-0.1, -0.05) is 46.3 Å². The number of hydrogen-bond donors (Lipinski definition) is 1. The quantitative estimate of drug-likeness (QED) is 0.915. The van der Waals surface area contributed by atoms with Crippen LogP contribution < -0.4 is 4.74 Å². The molecule has 104 valence electrons. The van der Waals surface area contributed by atoms with E-state index >= 15 is 0 Å². The summed E-state index contributed by atoms with van der Waals surface area (Å²) in [6.07, 6.45) is 2.07. The van der Waals surface area contributed by atoms with Crippen molar-refractivity contribution in [1.29, 1.82) is 0 Å². The summed E-state index contributed by atoms with van der Waals surface area (Å²) in [5.41, 5.74) is 3.42. The Morgan fingerprint density at radius 3 is 2.80 bits per heavy atom. The van der Waals surface area contributed by atoms with Crippen LogP contribution in [0.25, 0.3) is 0 Å². The van der Waals surface area contributed by atoms with Gasteiger partial charge in [0.15, 0.2) is 0 Å². The fraction of sp³-hybridized carbons (Fsp3) is 0.294. The van der Waals surface area contributed by atoms with Gasteiger partial charge >= 0.3 is 0 Å². The van der Waals surface area contributed by atoms with Crippen molar-refractivity contribution in [2.24, 2.45) is 0 Å². The van der Waals surface area contributed by atoms with Crippen molar-refractivity contribution in [3.8, 4) is 5.75 Å². The molecule has 3 rings (SSSR count). The molecule has 1 aliphatic heterocycles. The van der Waals surface area contributed by atoms with Crippen LogP contribution in [0, 0.1) is 0 Å². The Kier molecular flexibility index (Phi) is 4.08. The van der Waals surface area contributed by atoms with Gasteiger partial charge in [-0.2, -0.15) is 0 Å². The van der Waals surface area contributed by atoms with Crippen molar-refractivity contribution in [3.63, 3.8) is 0 Å². The monoisotopic (exact) mass is 332 g/mol. The minimum absolute atomic E-state index is 0.424. The van der Waals surface area contributed by atoms with Gasteiger partial charge in [0.25, 0.3) is 0 Å². The number of benzene rings is 2. The summed E-state index contributed by atoms with van der Waals surface area (Å²) >= 11 is 3.55. The molecule has 0 radical (unpaired) electrons. The molecule has 0 aromatic heterocycles. The lowest BCUT2D eigenvalue weighted by Gasteiger charge is -2.13. The SMILES string of the molecule is OC(CCc1cc(Br)cc2c1OCC2)c1ccccc1. The minimum Gasteiger partial charge on any atom is -0.493 e. The van der Waals surface area contributed by atoms with E-state index in [0.29, 0.717) is 6.42 Å². The molecule has 1 N–H and O–H groups in total. The molecule has 0 fully saturated rings. The second kappa shape index (κ2) is 5.98. The maximum absolute atomic E-state index is 10.2. The maximum Gasteiger partial charge on any atom is 0.125 e. The summed E-state index contributed by atoms with van der Waals surface area (Å²) in [7, 11) is 0. The van der Waals surface area contributed by atoms with E-state index in [9.17, 15) is 5.11 Å². The number of halogens is 1. The van der Waals surface area contributed by atoms with Gasteiger partial charge in [-0.05, 0) is 41.7 Å². The summed E-state index contributed by atoms with van der Waals surface area (Å²) < 4.78 is 6.81. The fourth-order valence-electron chi connectivity index (χ4n) is 2.67. The normalized spacial score (nSPS) is 14.7. The number of rotatable bonds is 4. The first kappa shape index (κ1) is 13.7. The third-order valence-electron chi connectivity index (χ3n) is 3.70. The number of aryl methyl sites for hydroxylation is 1. The van der Waals surface area contributed by atoms with E-state index in [0.717, 1.165) is 35.2 Å². The van der Waals surface area contributed by atoms with Crippen molar-refractivity contribution in [1.82, 2.24) is 0 Å². The number of hydrogen-bond acceptors (Lipinski definition) is 2. The number of aliphatic hydroxyl groups excluding tert-OH is 1. The highest BCUT2D eigenvalue weighted by atomic mass is 79.9. The zero-order valence-electron chi connectivity index (χ0n) is 11.2. The first-order chi connectivity index (χ1) is 9.74. The van der Waals surface area contributed by atoms with Crippen LogP contribution in [0.3, 0.4) is 0 Å². The van der Waals surface area contributed by atoms with Crippen molar-refractivity contribution in [3.05, 3.63) is 63.6 Å². The van der Waals surface area contributed by atoms with Crippen LogP contribution in [0.5, 0.6) is 5.75 Å². The van der Waals surface area contributed by atoms with E-state index in [2.05, 4.69) is 28.1 Å². The lowest BCUT2D eigenvalue weighted by molar-refractivity contribution is 0.167. The average Bonchev–Trinajstić information content (AvgIpc) is 2.93. The molecule has 2 aromatic rings. The van der Waals surface area contributed by atoms with Gasteiger partial charge in [0.05, 0.1) is 12.7 Å². The second-order valence-corrected chi connectivity index (χ2v) is 6.03. The molecule has 1 aliphatic rings. The summed E-state index contributed by atoms with van der Waals surface area (Å²) in [5, 5.41) is 10.2. The fourth-order valence-corrected chi connectivity index (χ4v) is 3.22. The van der Waals surface area contributed by atoms with Crippen LogP contribution in [0.2, 0.25) is 0 Å². The van der Waals surface area contributed by atoms with Crippen LogP contribution >= 0.6 is 15.9 Å². The smallest absolute Gasteiger partial charge is 0.125 e. The van der Waals surface area contributed by atoms with Crippen molar-refractivity contribution >= 4 is 15.9 Å². The van der Waals surface area contributed by atoms with Gasteiger partial charge < -0.3 is 9.84 Å². The summed E-state index contributed by atoms with van der Waals surface area (Å²) in [6.45, 7) is 0.764. The van der Waals surface area contributed by atoms with E-state index < -0.39 is 6.10 Å². The van der Waals surface area contributed by atoms with Crippen molar-refractivity contribution < 1.29 is 9.84 Å². The average molecular weight is 333 g/mol. The topological polar surface area (TPSA) is 29.5 Å². The van der Waals surface area contributed by atoms with Gasteiger partial charge in [0, 0.05) is 10.9 Å². The molecule has 1 unspecified atom stereocenters. The lowest BCUT2D eigenvalue weighted by atomic mass is 9.99.